The summed E-state index contributed by atoms with van der Waals surface area (Å²) >= 11 is 0. The average molecular weight is 553 g/mol. The number of unbranched alkanes of at least 4 members (excludes halogenated alkanes) is 1. The number of aromatic nitrogens is 4. The summed E-state index contributed by atoms with van der Waals surface area (Å²) in [5.74, 6) is 1.23. The van der Waals surface area contributed by atoms with E-state index in [0.717, 1.165) is 65.1 Å². The Morgan fingerprint density at radius 1 is 1.00 bits per heavy atom. The van der Waals surface area contributed by atoms with Gasteiger partial charge in [0.05, 0.1) is 5.69 Å². The van der Waals surface area contributed by atoms with Gasteiger partial charge in [0, 0.05) is 24.1 Å². The van der Waals surface area contributed by atoms with E-state index in [2.05, 4.69) is 41.3 Å². The zero-order chi connectivity index (χ0) is 26.5. The van der Waals surface area contributed by atoms with Crippen molar-refractivity contribution in [2.24, 2.45) is 5.92 Å². The van der Waals surface area contributed by atoms with Crippen LogP contribution in [0.2, 0.25) is 0 Å². The summed E-state index contributed by atoms with van der Waals surface area (Å²) in [4.78, 5) is 32.9. The predicted octanol–water partition coefficient (Wildman–Crippen LogP) is 5.43. The van der Waals surface area contributed by atoms with Crippen molar-refractivity contribution in [3.63, 3.8) is 0 Å². The maximum atomic E-state index is 13.8. The first-order valence-corrected chi connectivity index (χ1v) is 13.9. The van der Waals surface area contributed by atoms with Crippen LogP contribution in [0.4, 0.5) is 0 Å². The van der Waals surface area contributed by atoms with E-state index in [1.54, 1.807) is 0 Å². The van der Waals surface area contributed by atoms with E-state index in [9.17, 15) is 9.59 Å². The molecule has 0 aliphatic heterocycles. The molecule has 200 valence electrons. The first-order chi connectivity index (χ1) is 18.5. The summed E-state index contributed by atoms with van der Waals surface area (Å²) < 4.78 is 6.65. The second-order valence-electron chi connectivity index (χ2n) is 10.5. The fraction of sp³-hybridized carbons (Fsp3) is 0.419. The van der Waals surface area contributed by atoms with Crippen LogP contribution in [0.1, 0.15) is 74.5 Å². The minimum atomic E-state index is -0.579. The van der Waals surface area contributed by atoms with Gasteiger partial charge in [-0.2, -0.15) is 0 Å². The average Bonchev–Trinajstić information content (AvgIpc) is 3.38. The molecule has 5 rings (SSSR count). The van der Waals surface area contributed by atoms with Crippen LogP contribution in [-0.2, 0) is 19.4 Å². The number of aryl methyl sites for hydroxylation is 2. The molecule has 0 saturated heterocycles. The SMILES string of the molecule is CCCCc1nc(C)n(CC2CCCCC2)c(=O)c1Cc1ccc(-c2ccccc2-c2noc(=O)[nH]2)cc1.[KH]. The Morgan fingerprint density at radius 3 is 2.38 bits per heavy atom. The van der Waals surface area contributed by atoms with Crippen LogP contribution in [0, 0.1) is 12.8 Å². The standard InChI is InChI=1S/C31H36N4O3.K.H/c1-3-4-14-28-27(30(36)35(21(2)32-28)20-23-10-6-5-7-11-23)19-22-15-17-24(18-16-22)25-12-8-9-13-26(25)29-33-31(37)38-34-29;;/h8-9,12-13,15-18,23H,3-7,10-11,14,19-20H2,1-2H3,(H,33,34,37);;. The number of rotatable bonds is 9. The Bertz CT molecular complexity index is 1500. The van der Waals surface area contributed by atoms with Crippen molar-refractivity contribution in [3.05, 3.63) is 92.1 Å². The molecule has 1 N–H and O–H groups in total. The Kier molecular flexibility index (Phi) is 10.7. The van der Waals surface area contributed by atoms with Crippen LogP contribution in [-0.4, -0.2) is 71.1 Å². The van der Waals surface area contributed by atoms with Gasteiger partial charge in [-0.15, -0.1) is 0 Å². The van der Waals surface area contributed by atoms with Gasteiger partial charge >= 0.3 is 57.1 Å². The number of nitrogens with one attached hydrogen (secondary N) is 1. The molecular weight excluding hydrogens is 515 g/mol. The van der Waals surface area contributed by atoms with E-state index in [1.165, 1.54) is 32.1 Å². The molecule has 0 unspecified atom stereocenters. The Labute approximate surface area is 271 Å². The first-order valence-electron chi connectivity index (χ1n) is 13.9. The van der Waals surface area contributed by atoms with Crippen molar-refractivity contribution in [1.82, 2.24) is 19.7 Å². The maximum absolute atomic E-state index is 13.8. The summed E-state index contributed by atoms with van der Waals surface area (Å²) in [7, 11) is 0. The number of aromatic amines is 1. The molecule has 1 aliphatic rings. The normalized spacial score (nSPS) is 13.8. The fourth-order valence-corrected chi connectivity index (χ4v) is 5.62. The van der Waals surface area contributed by atoms with Crippen LogP contribution < -0.4 is 11.3 Å². The quantitative estimate of drug-likeness (QED) is 0.280. The third-order valence-corrected chi connectivity index (χ3v) is 7.74. The van der Waals surface area contributed by atoms with E-state index in [1.807, 2.05) is 35.8 Å². The molecular formula is C31H37KN4O3. The van der Waals surface area contributed by atoms with Crippen LogP contribution in [0.3, 0.4) is 0 Å². The van der Waals surface area contributed by atoms with Gasteiger partial charge in [0.1, 0.15) is 5.82 Å². The van der Waals surface area contributed by atoms with Crippen molar-refractivity contribution < 1.29 is 4.52 Å². The summed E-state index contributed by atoms with van der Waals surface area (Å²) in [6, 6.07) is 16.0. The minimum absolute atomic E-state index is 0. The molecule has 1 fully saturated rings. The second kappa shape index (κ2) is 14.0. The molecule has 2 aromatic heterocycles. The van der Waals surface area contributed by atoms with Crippen LogP contribution >= 0.6 is 0 Å². The molecule has 7 nitrogen and oxygen atoms in total. The van der Waals surface area contributed by atoms with E-state index in [0.29, 0.717) is 18.2 Å². The van der Waals surface area contributed by atoms with Gasteiger partial charge in [-0.05, 0) is 55.2 Å². The number of nitrogens with zero attached hydrogens (tertiary/aromatic N) is 3. The molecule has 4 aromatic rings. The topological polar surface area (TPSA) is 93.8 Å². The van der Waals surface area contributed by atoms with Gasteiger partial charge in [0.15, 0.2) is 5.82 Å². The van der Waals surface area contributed by atoms with Crippen molar-refractivity contribution in [2.45, 2.75) is 78.2 Å². The molecule has 0 bridgehead atoms. The third kappa shape index (κ3) is 7.16. The van der Waals surface area contributed by atoms with Crippen LogP contribution in [0.15, 0.2) is 62.6 Å². The summed E-state index contributed by atoms with van der Waals surface area (Å²) in [5, 5.41) is 3.86. The molecule has 39 heavy (non-hydrogen) atoms. The van der Waals surface area contributed by atoms with Crippen molar-refractivity contribution in [1.29, 1.82) is 0 Å². The molecule has 0 amide bonds. The van der Waals surface area contributed by atoms with Crippen LogP contribution in [0.25, 0.3) is 22.5 Å². The van der Waals surface area contributed by atoms with Gasteiger partial charge < -0.3 is 0 Å². The Morgan fingerprint density at radius 2 is 1.72 bits per heavy atom. The molecule has 8 heteroatoms. The molecule has 2 heterocycles. The fourth-order valence-electron chi connectivity index (χ4n) is 5.62. The molecule has 1 aliphatic carbocycles. The predicted molar refractivity (Wildman–Crippen MR) is 156 cm³/mol. The van der Waals surface area contributed by atoms with E-state index in [4.69, 9.17) is 9.51 Å². The van der Waals surface area contributed by atoms with E-state index < -0.39 is 5.76 Å². The van der Waals surface area contributed by atoms with Gasteiger partial charge in [-0.3, -0.25) is 18.9 Å². The molecule has 0 radical (unpaired) electrons. The number of hydrogen-bond donors (Lipinski definition) is 1. The van der Waals surface area contributed by atoms with E-state index >= 15 is 0 Å². The molecule has 0 spiro atoms. The molecule has 0 atom stereocenters. The van der Waals surface area contributed by atoms with Gasteiger partial charge in [0.2, 0.25) is 0 Å². The van der Waals surface area contributed by atoms with Crippen molar-refractivity contribution in [2.75, 3.05) is 0 Å². The zero-order valence-electron chi connectivity index (χ0n) is 22.3. The van der Waals surface area contributed by atoms with Gasteiger partial charge in [-0.25, -0.2) is 9.78 Å². The number of benzene rings is 2. The Balaban J connectivity index is 0.00000353. The van der Waals surface area contributed by atoms with Crippen molar-refractivity contribution >= 4 is 51.4 Å². The van der Waals surface area contributed by atoms with Gasteiger partial charge in [0.25, 0.3) is 5.56 Å². The van der Waals surface area contributed by atoms with Gasteiger partial charge in [-0.1, -0.05) is 86.3 Å². The number of hydrogen-bond acceptors (Lipinski definition) is 5. The number of H-pyrrole nitrogens is 1. The molecule has 1 saturated carbocycles. The van der Waals surface area contributed by atoms with Crippen molar-refractivity contribution in [3.8, 4) is 22.5 Å². The summed E-state index contributed by atoms with van der Waals surface area (Å²) in [5.41, 5.74) is 5.70. The monoisotopic (exact) mass is 552 g/mol. The summed E-state index contributed by atoms with van der Waals surface area (Å²) in [6.45, 7) is 4.93. The summed E-state index contributed by atoms with van der Waals surface area (Å²) in [6.07, 6.45) is 9.70. The molecule has 2 aromatic carbocycles. The second-order valence-corrected chi connectivity index (χ2v) is 10.5. The third-order valence-electron chi connectivity index (χ3n) is 7.74. The van der Waals surface area contributed by atoms with E-state index in [-0.39, 0.29) is 56.9 Å². The zero-order valence-corrected chi connectivity index (χ0v) is 22.3. The Hall–Kier alpha value is -2.10. The van der Waals surface area contributed by atoms with Crippen LogP contribution in [0.5, 0.6) is 0 Å². The first kappa shape index (κ1) is 29.9.